The van der Waals surface area contributed by atoms with Crippen molar-refractivity contribution in [2.45, 2.75) is 26.8 Å². The molecule has 0 aliphatic heterocycles. The highest BCUT2D eigenvalue weighted by atomic mass is 35.5. The Labute approximate surface area is 122 Å². The van der Waals surface area contributed by atoms with Crippen molar-refractivity contribution >= 4 is 28.9 Å². The van der Waals surface area contributed by atoms with Crippen LogP contribution >= 0.6 is 11.6 Å². The number of rotatable bonds is 4. The van der Waals surface area contributed by atoms with Crippen molar-refractivity contribution in [1.82, 2.24) is 9.78 Å². The van der Waals surface area contributed by atoms with Crippen LogP contribution in [0.3, 0.4) is 0 Å². The number of aromatic nitrogens is 2. The Bertz CT molecular complexity index is 636. The van der Waals surface area contributed by atoms with Gasteiger partial charge in [-0.05, 0) is 38.1 Å². The van der Waals surface area contributed by atoms with Crippen LogP contribution in [0.1, 0.15) is 17.8 Å². The van der Waals surface area contributed by atoms with E-state index in [1.807, 2.05) is 24.6 Å². The molecule has 1 aromatic heterocycles. The Kier molecular flexibility index (Phi) is 4.29. The van der Waals surface area contributed by atoms with E-state index in [1.165, 1.54) is 0 Å². The molecule has 1 amide bonds. The first-order valence-corrected chi connectivity index (χ1v) is 6.69. The first-order valence-electron chi connectivity index (χ1n) is 6.31. The number of aryl methyl sites for hydroxylation is 3. The Morgan fingerprint density at radius 2 is 2.15 bits per heavy atom. The van der Waals surface area contributed by atoms with Gasteiger partial charge < -0.3 is 11.1 Å². The van der Waals surface area contributed by atoms with Gasteiger partial charge in [0.25, 0.3) is 0 Å². The number of anilines is 2. The van der Waals surface area contributed by atoms with E-state index in [2.05, 4.69) is 10.4 Å². The predicted octanol–water partition coefficient (Wildman–Crippen LogP) is 2.76. The van der Waals surface area contributed by atoms with Gasteiger partial charge in [0, 0.05) is 23.7 Å². The number of benzene rings is 1. The lowest BCUT2D eigenvalue weighted by Crippen LogP contribution is -2.16. The Hall–Kier alpha value is -2.01. The van der Waals surface area contributed by atoms with E-state index in [4.69, 9.17) is 17.3 Å². The lowest BCUT2D eigenvalue weighted by atomic mass is 10.2. The van der Waals surface area contributed by atoms with Crippen LogP contribution in [-0.4, -0.2) is 15.7 Å². The minimum absolute atomic E-state index is 0.105. The molecule has 20 heavy (non-hydrogen) atoms. The summed E-state index contributed by atoms with van der Waals surface area (Å²) in [4.78, 5) is 11.9. The number of nitrogens with zero attached hydrogens (tertiary/aromatic N) is 2. The number of carbonyl (C=O) groups is 1. The van der Waals surface area contributed by atoms with Crippen molar-refractivity contribution in [2.24, 2.45) is 0 Å². The molecule has 0 aliphatic rings. The van der Waals surface area contributed by atoms with Gasteiger partial charge in [0.05, 0.1) is 17.1 Å². The summed E-state index contributed by atoms with van der Waals surface area (Å²) in [5, 5.41) is 7.63. The van der Waals surface area contributed by atoms with Crippen LogP contribution in [0.2, 0.25) is 5.02 Å². The zero-order valence-corrected chi connectivity index (χ0v) is 12.2. The van der Waals surface area contributed by atoms with Crippen LogP contribution in [-0.2, 0) is 11.3 Å². The van der Waals surface area contributed by atoms with Crippen LogP contribution in [0.4, 0.5) is 11.4 Å². The number of hydrogen-bond donors (Lipinski definition) is 2. The van der Waals surface area contributed by atoms with E-state index >= 15 is 0 Å². The monoisotopic (exact) mass is 292 g/mol. The molecule has 0 atom stereocenters. The highest BCUT2D eigenvalue weighted by Gasteiger charge is 2.07. The summed E-state index contributed by atoms with van der Waals surface area (Å²) in [7, 11) is 0. The van der Waals surface area contributed by atoms with E-state index in [-0.39, 0.29) is 5.91 Å². The Morgan fingerprint density at radius 3 is 2.75 bits per heavy atom. The summed E-state index contributed by atoms with van der Waals surface area (Å²) in [6, 6.07) is 6.97. The molecule has 0 aliphatic carbocycles. The van der Waals surface area contributed by atoms with Gasteiger partial charge in [-0.2, -0.15) is 5.10 Å². The smallest absolute Gasteiger partial charge is 0.226 e. The lowest BCUT2D eigenvalue weighted by Gasteiger charge is -2.09. The SMILES string of the molecule is Cc1cc(C)n(CCC(=O)Nc2ccc(Cl)cc2N)n1. The number of carbonyl (C=O) groups excluding carboxylic acids is 1. The third-order valence-electron chi connectivity index (χ3n) is 2.94. The molecule has 2 aromatic rings. The molecule has 0 saturated carbocycles. The Morgan fingerprint density at radius 1 is 1.40 bits per heavy atom. The van der Waals surface area contributed by atoms with Gasteiger partial charge in [0.15, 0.2) is 0 Å². The number of hydrogen-bond acceptors (Lipinski definition) is 3. The lowest BCUT2D eigenvalue weighted by molar-refractivity contribution is -0.116. The summed E-state index contributed by atoms with van der Waals surface area (Å²) >= 11 is 5.81. The molecular formula is C14H17ClN4O. The minimum atomic E-state index is -0.105. The maximum Gasteiger partial charge on any atom is 0.226 e. The van der Waals surface area contributed by atoms with Crippen LogP contribution in [0.25, 0.3) is 0 Å². The zero-order chi connectivity index (χ0) is 14.7. The quantitative estimate of drug-likeness (QED) is 0.851. The summed E-state index contributed by atoms with van der Waals surface area (Å²) in [6.45, 7) is 4.44. The van der Waals surface area contributed by atoms with E-state index in [9.17, 15) is 4.79 Å². The van der Waals surface area contributed by atoms with Gasteiger partial charge in [0.1, 0.15) is 0 Å². The summed E-state index contributed by atoms with van der Waals surface area (Å²) in [5.74, 6) is -0.105. The number of nitrogen functional groups attached to an aromatic ring is 1. The highest BCUT2D eigenvalue weighted by molar-refractivity contribution is 6.31. The topological polar surface area (TPSA) is 72.9 Å². The van der Waals surface area contributed by atoms with Gasteiger partial charge in [-0.1, -0.05) is 11.6 Å². The fraction of sp³-hybridized carbons (Fsp3) is 0.286. The van der Waals surface area contributed by atoms with Crippen molar-refractivity contribution in [3.8, 4) is 0 Å². The molecule has 0 fully saturated rings. The second-order valence-electron chi connectivity index (χ2n) is 4.68. The second kappa shape index (κ2) is 5.96. The predicted molar refractivity (Wildman–Crippen MR) is 80.8 cm³/mol. The van der Waals surface area contributed by atoms with Crippen molar-refractivity contribution in [2.75, 3.05) is 11.1 Å². The summed E-state index contributed by atoms with van der Waals surface area (Å²) < 4.78 is 1.82. The van der Waals surface area contributed by atoms with Crippen LogP contribution < -0.4 is 11.1 Å². The minimum Gasteiger partial charge on any atom is -0.397 e. The molecule has 0 spiro atoms. The Balaban J connectivity index is 1.94. The van der Waals surface area contributed by atoms with Crippen LogP contribution in [0, 0.1) is 13.8 Å². The number of amides is 1. The van der Waals surface area contributed by atoms with Crippen LogP contribution in [0.5, 0.6) is 0 Å². The molecular weight excluding hydrogens is 276 g/mol. The number of nitrogens with one attached hydrogen (secondary N) is 1. The zero-order valence-electron chi connectivity index (χ0n) is 11.5. The molecule has 0 unspecified atom stereocenters. The second-order valence-corrected chi connectivity index (χ2v) is 5.12. The molecule has 3 N–H and O–H groups in total. The maximum atomic E-state index is 11.9. The van der Waals surface area contributed by atoms with Crippen molar-refractivity contribution < 1.29 is 4.79 Å². The molecule has 0 saturated heterocycles. The van der Waals surface area contributed by atoms with Crippen molar-refractivity contribution in [1.29, 1.82) is 0 Å². The van der Waals surface area contributed by atoms with Crippen molar-refractivity contribution in [3.63, 3.8) is 0 Å². The molecule has 0 radical (unpaired) electrons. The fourth-order valence-electron chi connectivity index (χ4n) is 1.97. The number of nitrogens with two attached hydrogens (primary N) is 1. The molecule has 5 nitrogen and oxygen atoms in total. The first kappa shape index (κ1) is 14.4. The van der Waals surface area contributed by atoms with Gasteiger partial charge in [-0.3, -0.25) is 9.48 Å². The van der Waals surface area contributed by atoms with Gasteiger partial charge in [0.2, 0.25) is 5.91 Å². The third kappa shape index (κ3) is 3.51. The average Bonchev–Trinajstić information content (AvgIpc) is 2.69. The standard InChI is InChI=1S/C14H17ClN4O/c1-9-7-10(2)19(18-9)6-5-14(20)17-13-4-3-11(15)8-12(13)16/h3-4,7-8H,5-6,16H2,1-2H3,(H,17,20). The van der Waals surface area contributed by atoms with Crippen LogP contribution in [0.15, 0.2) is 24.3 Å². The molecule has 106 valence electrons. The average molecular weight is 293 g/mol. The molecule has 0 bridgehead atoms. The first-order chi connectivity index (χ1) is 9.45. The maximum absolute atomic E-state index is 11.9. The van der Waals surface area contributed by atoms with E-state index < -0.39 is 0 Å². The molecule has 6 heteroatoms. The van der Waals surface area contributed by atoms with E-state index in [0.29, 0.717) is 29.4 Å². The largest absolute Gasteiger partial charge is 0.397 e. The fourth-order valence-corrected chi connectivity index (χ4v) is 2.15. The molecule has 2 rings (SSSR count). The normalized spacial score (nSPS) is 10.6. The highest BCUT2D eigenvalue weighted by Crippen LogP contribution is 2.22. The van der Waals surface area contributed by atoms with Gasteiger partial charge >= 0.3 is 0 Å². The summed E-state index contributed by atoms with van der Waals surface area (Å²) in [6.07, 6.45) is 0.337. The van der Waals surface area contributed by atoms with E-state index in [1.54, 1.807) is 18.2 Å². The number of halogens is 1. The summed E-state index contributed by atoms with van der Waals surface area (Å²) in [5.41, 5.74) is 8.81. The molecule has 1 heterocycles. The molecule has 1 aromatic carbocycles. The van der Waals surface area contributed by atoms with Gasteiger partial charge in [-0.15, -0.1) is 0 Å². The van der Waals surface area contributed by atoms with Gasteiger partial charge in [-0.25, -0.2) is 0 Å². The van der Waals surface area contributed by atoms with Crippen molar-refractivity contribution in [3.05, 3.63) is 40.7 Å². The van der Waals surface area contributed by atoms with E-state index in [0.717, 1.165) is 11.4 Å². The third-order valence-corrected chi connectivity index (χ3v) is 3.18.